The van der Waals surface area contributed by atoms with E-state index in [0.717, 1.165) is 27.9 Å². The minimum absolute atomic E-state index is 0.000890. The Labute approximate surface area is 147 Å². The van der Waals surface area contributed by atoms with E-state index in [1.165, 1.54) is 0 Å². The number of anilines is 1. The van der Waals surface area contributed by atoms with Gasteiger partial charge < -0.3 is 10.3 Å². The highest BCUT2D eigenvalue weighted by molar-refractivity contribution is 7.08. The molecule has 1 aromatic carbocycles. The van der Waals surface area contributed by atoms with Crippen LogP contribution in [-0.4, -0.2) is 25.7 Å². The zero-order chi connectivity index (χ0) is 17.0. The van der Waals surface area contributed by atoms with E-state index >= 15 is 0 Å². The number of hydrogen-bond acceptors (Lipinski definition) is 4. The molecule has 0 fully saturated rings. The van der Waals surface area contributed by atoms with Gasteiger partial charge in [0.2, 0.25) is 11.9 Å². The van der Waals surface area contributed by atoms with Crippen LogP contribution in [0.25, 0.3) is 17.0 Å². The molecule has 0 saturated heterocycles. The fourth-order valence-electron chi connectivity index (χ4n) is 3.50. The molecule has 5 rings (SSSR count). The largest absolute Gasteiger partial charge is 0.322 e. The van der Waals surface area contributed by atoms with Crippen molar-refractivity contribution in [2.24, 2.45) is 0 Å². The lowest BCUT2D eigenvalue weighted by molar-refractivity contribution is -0.116. The van der Waals surface area contributed by atoms with Crippen LogP contribution < -0.4 is 5.32 Å². The normalized spacial score (nSPS) is 16.8. The number of thiophene rings is 1. The molecule has 1 aliphatic rings. The summed E-state index contributed by atoms with van der Waals surface area (Å²) in [6, 6.07) is 9.91. The van der Waals surface area contributed by atoms with Gasteiger partial charge in [-0.15, -0.1) is 0 Å². The van der Waals surface area contributed by atoms with Crippen LogP contribution in [-0.2, 0) is 4.79 Å². The molecule has 0 aliphatic carbocycles. The maximum Gasteiger partial charge on any atom is 0.231 e. The Hall–Kier alpha value is -2.93. The summed E-state index contributed by atoms with van der Waals surface area (Å²) in [6.07, 6.45) is 0.441. The van der Waals surface area contributed by atoms with Gasteiger partial charge in [0.1, 0.15) is 5.82 Å². The number of aromatic amines is 1. The minimum Gasteiger partial charge on any atom is -0.322 e. The number of H-pyrrole nitrogens is 1. The van der Waals surface area contributed by atoms with Gasteiger partial charge in [0, 0.05) is 17.9 Å². The van der Waals surface area contributed by atoms with E-state index in [-0.39, 0.29) is 11.8 Å². The van der Waals surface area contributed by atoms with Crippen molar-refractivity contribution in [1.82, 2.24) is 19.7 Å². The molecule has 0 spiro atoms. The van der Waals surface area contributed by atoms with Crippen molar-refractivity contribution < 1.29 is 4.79 Å². The fraction of sp³-hybridized carbons (Fsp3) is 0.167. The molecule has 0 bridgehead atoms. The number of aromatic nitrogens is 4. The molecule has 7 heteroatoms. The molecule has 0 unspecified atom stereocenters. The third-order valence-corrected chi connectivity index (χ3v) is 5.33. The van der Waals surface area contributed by atoms with Crippen molar-refractivity contribution in [3.63, 3.8) is 0 Å². The zero-order valence-corrected chi connectivity index (χ0v) is 14.3. The first-order valence-electron chi connectivity index (χ1n) is 8.07. The summed E-state index contributed by atoms with van der Waals surface area (Å²) in [5.41, 5.74) is 4.95. The Morgan fingerprint density at radius 3 is 2.96 bits per heavy atom. The van der Waals surface area contributed by atoms with Gasteiger partial charge in [-0.1, -0.05) is 12.1 Å². The third kappa shape index (κ3) is 2.20. The van der Waals surface area contributed by atoms with Gasteiger partial charge in [-0.25, -0.2) is 4.98 Å². The van der Waals surface area contributed by atoms with Crippen LogP contribution in [0.1, 0.15) is 29.2 Å². The monoisotopic (exact) mass is 349 g/mol. The highest BCUT2D eigenvalue weighted by atomic mass is 32.1. The average molecular weight is 349 g/mol. The number of fused-ring (bicyclic) bond motifs is 2. The summed E-state index contributed by atoms with van der Waals surface area (Å²) in [6.45, 7) is 1.98. The summed E-state index contributed by atoms with van der Waals surface area (Å²) in [4.78, 5) is 20.2. The number of para-hydroxylation sites is 2. The lowest BCUT2D eigenvalue weighted by atomic mass is 9.87. The quantitative estimate of drug-likeness (QED) is 0.581. The Balaban J connectivity index is 1.70. The van der Waals surface area contributed by atoms with Gasteiger partial charge in [-0.2, -0.15) is 21.1 Å². The molecule has 4 heterocycles. The van der Waals surface area contributed by atoms with E-state index in [1.54, 1.807) is 16.0 Å². The molecule has 1 amide bonds. The molecular formula is C18H15N5OS. The van der Waals surface area contributed by atoms with Crippen molar-refractivity contribution in [1.29, 1.82) is 0 Å². The number of nitrogens with zero attached hydrogens (tertiary/aromatic N) is 3. The third-order valence-electron chi connectivity index (χ3n) is 4.63. The van der Waals surface area contributed by atoms with Crippen LogP contribution in [0.5, 0.6) is 0 Å². The number of nitrogens with one attached hydrogen (secondary N) is 2. The van der Waals surface area contributed by atoms with Crippen molar-refractivity contribution in [2.45, 2.75) is 19.3 Å². The van der Waals surface area contributed by atoms with Gasteiger partial charge in [-0.05, 0) is 41.4 Å². The van der Waals surface area contributed by atoms with Gasteiger partial charge >= 0.3 is 0 Å². The number of carbonyl (C=O) groups is 1. The SMILES string of the molecule is Cc1nn(-c2nc3ccccc3[nH]2)c2c1[C@@H](c1ccsc1)CC(=O)N2. The van der Waals surface area contributed by atoms with Crippen LogP contribution in [0.4, 0.5) is 5.82 Å². The summed E-state index contributed by atoms with van der Waals surface area (Å²) in [5, 5.41) is 11.8. The summed E-state index contributed by atoms with van der Waals surface area (Å²) < 4.78 is 1.71. The molecule has 1 aliphatic heterocycles. The van der Waals surface area contributed by atoms with Crippen LogP contribution in [0.3, 0.4) is 0 Å². The van der Waals surface area contributed by atoms with E-state index in [0.29, 0.717) is 18.2 Å². The lowest BCUT2D eigenvalue weighted by Gasteiger charge is -2.23. The highest BCUT2D eigenvalue weighted by Gasteiger charge is 2.33. The topological polar surface area (TPSA) is 75.6 Å². The Bertz CT molecular complexity index is 1060. The van der Waals surface area contributed by atoms with Crippen molar-refractivity contribution in [2.75, 3.05) is 5.32 Å². The smallest absolute Gasteiger partial charge is 0.231 e. The minimum atomic E-state index is 0.000890. The van der Waals surface area contributed by atoms with Gasteiger partial charge in [0.15, 0.2) is 0 Å². The number of rotatable bonds is 2. The number of carbonyl (C=O) groups excluding carboxylic acids is 1. The van der Waals surface area contributed by atoms with Crippen LogP contribution in [0.2, 0.25) is 0 Å². The molecule has 124 valence electrons. The van der Waals surface area contributed by atoms with E-state index < -0.39 is 0 Å². The second-order valence-corrected chi connectivity index (χ2v) is 6.98. The Kier molecular flexibility index (Phi) is 3.05. The predicted molar refractivity (Wildman–Crippen MR) is 97.4 cm³/mol. The predicted octanol–water partition coefficient (Wildman–Crippen LogP) is 3.59. The second-order valence-electron chi connectivity index (χ2n) is 6.20. The first kappa shape index (κ1) is 14.4. The Morgan fingerprint density at radius 2 is 2.16 bits per heavy atom. The van der Waals surface area contributed by atoms with Crippen LogP contribution >= 0.6 is 11.3 Å². The molecule has 6 nitrogen and oxygen atoms in total. The molecule has 25 heavy (non-hydrogen) atoms. The molecule has 3 aromatic heterocycles. The van der Waals surface area contributed by atoms with Gasteiger partial charge in [-0.3, -0.25) is 4.79 Å². The van der Waals surface area contributed by atoms with E-state index in [4.69, 9.17) is 0 Å². The van der Waals surface area contributed by atoms with Crippen LogP contribution in [0, 0.1) is 6.92 Å². The highest BCUT2D eigenvalue weighted by Crippen LogP contribution is 2.40. The fourth-order valence-corrected chi connectivity index (χ4v) is 4.21. The summed E-state index contributed by atoms with van der Waals surface area (Å²) in [5.74, 6) is 1.36. The first-order valence-corrected chi connectivity index (χ1v) is 9.01. The molecule has 4 aromatic rings. The number of hydrogen-bond donors (Lipinski definition) is 2. The Morgan fingerprint density at radius 1 is 1.28 bits per heavy atom. The molecule has 0 radical (unpaired) electrons. The maximum absolute atomic E-state index is 12.3. The first-order chi connectivity index (χ1) is 12.2. The van der Waals surface area contributed by atoms with E-state index in [2.05, 4.69) is 31.8 Å². The zero-order valence-electron chi connectivity index (χ0n) is 13.5. The molecule has 1 atom stereocenters. The number of aryl methyl sites for hydroxylation is 1. The second kappa shape index (κ2) is 5.29. The number of benzene rings is 1. The average Bonchev–Trinajstić information content (AvgIpc) is 3.32. The van der Waals surface area contributed by atoms with Gasteiger partial charge in [0.25, 0.3) is 0 Å². The van der Waals surface area contributed by atoms with Crippen LogP contribution in [0.15, 0.2) is 41.1 Å². The number of imidazole rings is 1. The molecule has 0 saturated carbocycles. The van der Waals surface area contributed by atoms with Crippen molar-refractivity contribution in [3.8, 4) is 5.95 Å². The van der Waals surface area contributed by atoms with Crippen molar-refractivity contribution in [3.05, 3.63) is 57.9 Å². The maximum atomic E-state index is 12.3. The van der Waals surface area contributed by atoms with E-state index in [1.807, 2.05) is 36.6 Å². The van der Waals surface area contributed by atoms with Gasteiger partial charge in [0.05, 0.1) is 16.7 Å². The molecular weight excluding hydrogens is 334 g/mol. The number of amides is 1. The molecule has 2 N–H and O–H groups in total. The van der Waals surface area contributed by atoms with Crippen molar-refractivity contribution >= 4 is 34.1 Å². The lowest BCUT2D eigenvalue weighted by Crippen LogP contribution is -2.24. The summed E-state index contributed by atoms with van der Waals surface area (Å²) >= 11 is 1.64. The summed E-state index contributed by atoms with van der Waals surface area (Å²) in [7, 11) is 0. The van der Waals surface area contributed by atoms with E-state index in [9.17, 15) is 4.79 Å². The standard InChI is InChI=1S/C18H15N5OS/c1-10-16-12(11-6-7-25-9-11)8-15(24)21-17(16)23(22-10)18-19-13-4-2-3-5-14(13)20-18/h2-7,9,12H,8H2,1H3,(H,19,20)(H,21,24)/t12-/m1/s1.